The molecule has 4 N–H and O–H groups in total. The summed E-state index contributed by atoms with van der Waals surface area (Å²) in [6.07, 6.45) is 1.71. The van der Waals surface area contributed by atoms with Gasteiger partial charge in [0.2, 0.25) is 0 Å². The second kappa shape index (κ2) is 7.10. The van der Waals surface area contributed by atoms with E-state index in [9.17, 15) is 8.42 Å². The van der Waals surface area contributed by atoms with Gasteiger partial charge in [0.05, 0.1) is 17.9 Å². The minimum atomic E-state index is -3.87. The van der Waals surface area contributed by atoms with Gasteiger partial charge in [-0.25, -0.2) is 0 Å². The minimum Gasteiger partial charge on any atom is -0.493 e. The first-order valence-corrected chi connectivity index (χ1v) is 7.52. The summed E-state index contributed by atoms with van der Waals surface area (Å²) in [5, 5.41) is 7.39. The number of nitrogens with two attached hydrogens (primary N) is 1. The lowest BCUT2D eigenvalue weighted by Gasteiger charge is -2.10. The third kappa shape index (κ3) is 6.21. The topological polar surface area (TPSA) is 113 Å². The number of hydrogen-bond donors (Lipinski definition) is 3. The summed E-state index contributed by atoms with van der Waals surface area (Å²) >= 11 is 0. The fraction of sp³-hybridized carbons (Fsp3) is 0.417. The van der Waals surface area contributed by atoms with E-state index >= 15 is 0 Å². The summed E-state index contributed by atoms with van der Waals surface area (Å²) in [6.45, 7) is 0.412. The highest BCUT2D eigenvalue weighted by atomic mass is 32.2. The molecule has 0 unspecified atom stereocenters. The Bertz CT molecular complexity index is 528. The molecule has 0 aliphatic heterocycles. The standard InChI is InChI=1S/C12H18N2O4S/c13-12(14)10-6-2-3-7-11(10)18-8-4-1-5-9-19(15,16)17/h2-3,6-7H,1,4-5,8-9H2,(H3,13,14)(H,15,16,17). The molecule has 0 spiro atoms. The molecule has 7 heteroatoms. The average molecular weight is 286 g/mol. The zero-order valence-corrected chi connectivity index (χ0v) is 11.3. The van der Waals surface area contributed by atoms with Gasteiger partial charge in [-0.3, -0.25) is 9.96 Å². The summed E-state index contributed by atoms with van der Waals surface area (Å²) in [5.41, 5.74) is 5.97. The molecule has 0 saturated heterocycles. The van der Waals surface area contributed by atoms with Crippen molar-refractivity contribution in [2.75, 3.05) is 12.4 Å². The first-order chi connectivity index (χ1) is 8.90. The Balaban J connectivity index is 2.32. The second-order valence-electron chi connectivity index (χ2n) is 4.10. The summed E-state index contributed by atoms with van der Waals surface area (Å²) < 4.78 is 35.0. The predicted molar refractivity (Wildman–Crippen MR) is 73.2 cm³/mol. The molecular weight excluding hydrogens is 268 g/mol. The van der Waals surface area contributed by atoms with Gasteiger partial charge >= 0.3 is 0 Å². The van der Waals surface area contributed by atoms with E-state index in [2.05, 4.69) is 0 Å². The van der Waals surface area contributed by atoms with Crippen LogP contribution in [-0.2, 0) is 10.1 Å². The van der Waals surface area contributed by atoms with Crippen LogP contribution in [0, 0.1) is 5.41 Å². The monoisotopic (exact) mass is 286 g/mol. The third-order valence-corrected chi connectivity index (χ3v) is 3.29. The van der Waals surface area contributed by atoms with Crippen LogP contribution >= 0.6 is 0 Å². The molecule has 0 fully saturated rings. The number of unbranched alkanes of at least 4 members (excludes halogenated alkanes) is 2. The van der Waals surface area contributed by atoms with Crippen LogP contribution in [0.25, 0.3) is 0 Å². The van der Waals surface area contributed by atoms with Crippen molar-refractivity contribution in [3.63, 3.8) is 0 Å². The lowest BCUT2D eigenvalue weighted by molar-refractivity contribution is 0.305. The van der Waals surface area contributed by atoms with Crippen molar-refractivity contribution in [2.24, 2.45) is 5.73 Å². The maximum atomic E-state index is 10.5. The first kappa shape index (κ1) is 15.5. The van der Waals surface area contributed by atoms with Crippen LogP contribution in [0.5, 0.6) is 5.75 Å². The van der Waals surface area contributed by atoms with E-state index in [-0.39, 0.29) is 11.6 Å². The molecule has 0 aromatic heterocycles. The SMILES string of the molecule is N=C(N)c1ccccc1OCCCCCS(=O)(=O)O. The normalized spacial score (nSPS) is 11.2. The van der Waals surface area contributed by atoms with Crippen molar-refractivity contribution in [2.45, 2.75) is 19.3 Å². The summed E-state index contributed by atoms with van der Waals surface area (Å²) in [4.78, 5) is 0. The Morgan fingerprint density at radius 1 is 1.26 bits per heavy atom. The van der Waals surface area contributed by atoms with E-state index in [1.807, 2.05) is 0 Å². The molecule has 0 heterocycles. The maximum absolute atomic E-state index is 10.5. The van der Waals surface area contributed by atoms with E-state index in [1.165, 1.54) is 0 Å². The number of nitrogens with one attached hydrogen (secondary N) is 1. The smallest absolute Gasteiger partial charge is 0.264 e. The van der Waals surface area contributed by atoms with Gasteiger partial charge in [0, 0.05) is 0 Å². The molecule has 1 aromatic rings. The van der Waals surface area contributed by atoms with E-state index in [4.69, 9.17) is 20.4 Å². The highest BCUT2D eigenvalue weighted by Crippen LogP contribution is 2.17. The van der Waals surface area contributed by atoms with Crippen LogP contribution in [0.3, 0.4) is 0 Å². The fourth-order valence-corrected chi connectivity index (χ4v) is 2.13. The molecule has 1 rings (SSSR count). The second-order valence-corrected chi connectivity index (χ2v) is 5.68. The summed E-state index contributed by atoms with van der Waals surface area (Å²) in [5.74, 6) is 0.267. The summed E-state index contributed by atoms with van der Waals surface area (Å²) in [7, 11) is -3.87. The Hall–Kier alpha value is -1.60. The number of amidine groups is 1. The molecule has 0 aliphatic carbocycles. The molecule has 0 saturated carbocycles. The van der Waals surface area contributed by atoms with Crippen LogP contribution in [0.15, 0.2) is 24.3 Å². The van der Waals surface area contributed by atoms with Crippen molar-refractivity contribution >= 4 is 16.0 Å². The van der Waals surface area contributed by atoms with Crippen LogP contribution in [-0.4, -0.2) is 31.2 Å². The van der Waals surface area contributed by atoms with Crippen molar-refractivity contribution in [1.82, 2.24) is 0 Å². The Labute approximate surface area is 112 Å². The van der Waals surface area contributed by atoms with E-state index in [1.54, 1.807) is 24.3 Å². The fourth-order valence-electron chi connectivity index (χ4n) is 1.56. The van der Waals surface area contributed by atoms with Crippen LogP contribution in [0.2, 0.25) is 0 Å². The number of benzene rings is 1. The maximum Gasteiger partial charge on any atom is 0.264 e. The Kier molecular flexibility index (Phi) is 5.78. The minimum absolute atomic E-state index is 0.0537. The number of rotatable bonds is 8. The molecular formula is C12H18N2O4S. The van der Waals surface area contributed by atoms with Gasteiger partial charge in [0.1, 0.15) is 11.6 Å². The molecule has 1 aromatic carbocycles. The van der Waals surface area contributed by atoms with Crippen molar-refractivity contribution < 1.29 is 17.7 Å². The quantitative estimate of drug-likeness (QED) is 0.289. The van der Waals surface area contributed by atoms with Crippen molar-refractivity contribution in [3.05, 3.63) is 29.8 Å². The Morgan fingerprint density at radius 2 is 1.95 bits per heavy atom. The van der Waals surface area contributed by atoms with Crippen LogP contribution in [0.1, 0.15) is 24.8 Å². The third-order valence-electron chi connectivity index (χ3n) is 2.48. The van der Waals surface area contributed by atoms with Crippen LogP contribution < -0.4 is 10.5 Å². The van der Waals surface area contributed by atoms with Gasteiger partial charge in [-0.15, -0.1) is 0 Å². The number of para-hydroxylation sites is 1. The van der Waals surface area contributed by atoms with Gasteiger partial charge in [0.25, 0.3) is 10.1 Å². The van der Waals surface area contributed by atoms with Gasteiger partial charge in [0.15, 0.2) is 0 Å². The Morgan fingerprint density at radius 3 is 2.58 bits per heavy atom. The lowest BCUT2D eigenvalue weighted by Crippen LogP contribution is -2.13. The van der Waals surface area contributed by atoms with E-state index in [0.717, 1.165) is 0 Å². The highest BCUT2D eigenvalue weighted by Gasteiger charge is 2.06. The zero-order chi connectivity index (χ0) is 14.3. The van der Waals surface area contributed by atoms with Gasteiger partial charge < -0.3 is 10.5 Å². The van der Waals surface area contributed by atoms with Crippen LogP contribution in [0.4, 0.5) is 0 Å². The molecule has 0 amide bonds. The molecule has 0 aliphatic rings. The molecule has 0 atom stereocenters. The van der Waals surface area contributed by atoms with Gasteiger partial charge in [-0.2, -0.15) is 8.42 Å². The first-order valence-electron chi connectivity index (χ1n) is 5.91. The molecule has 0 bridgehead atoms. The molecule has 6 nitrogen and oxygen atoms in total. The predicted octanol–water partition coefficient (Wildman–Crippen LogP) is 1.41. The van der Waals surface area contributed by atoms with Crippen molar-refractivity contribution in [1.29, 1.82) is 5.41 Å². The lowest BCUT2D eigenvalue weighted by atomic mass is 10.2. The number of hydrogen-bond acceptors (Lipinski definition) is 4. The molecule has 19 heavy (non-hydrogen) atoms. The summed E-state index contributed by atoms with van der Waals surface area (Å²) in [6, 6.07) is 7.00. The molecule has 0 radical (unpaired) electrons. The highest BCUT2D eigenvalue weighted by molar-refractivity contribution is 7.85. The van der Waals surface area contributed by atoms with Crippen molar-refractivity contribution in [3.8, 4) is 5.75 Å². The zero-order valence-electron chi connectivity index (χ0n) is 10.5. The van der Waals surface area contributed by atoms with Gasteiger partial charge in [-0.1, -0.05) is 12.1 Å². The van der Waals surface area contributed by atoms with Gasteiger partial charge in [-0.05, 0) is 31.4 Å². The largest absolute Gasteiger partial charge is 0.493 e. The average Bonchev–Trinajstić information content (AvgIpc) is 2.32. The van der Waals surface area contributed by atoms with E-state index < -0.39 is 10.1 Å². The number of nitrogen functional groups attached to an aromatic ring is 1. The number of ether oxygens (including phenoxy) is 1. The molecule has 106 valence electrons. The van der Waals surface area contributed by atoms with E-state index in [0.29, 0.717) is 37.2 Å².